The maximum Gasteiger partial charge on any atom is 0.358 e. The van der Waals surface area contributed by atoms with Crippen molar-refractivity contribution in [1.29, 1.82) is 0 Å². The van der Waals surface area contributed by atoms with Crippen molar-refractivity contribution >= 4 is 5.97 Å². The van der Waals surface area contributed by atoms with E-state index in [1.54, 1.807) is 10.9 Å². The SMILES string of the molecule is O=C(O)c1cn(C2CN(Cc3ccno3)C2)nn1. The van der Waals surface area contributed by atoms with Gasteiger partial charge in [-0.3, -0.25) is 4.90 Å². The molecule has 8 heteroatoms. The van der Waals surface area contributed by atoms with E-state index in [1.807, 2.05) is 6.07 Å². The first-order valence-corrected chi connectivity index (χ1v) is 5.49. The molecule has 3 rings (SSSR count). The Labute approximate surface area is 102 Å². The number of hydrogen-bond donors (Lipinski definition) is 1. The average molecular weight is 249 g/mol. The van der Waals surface area contributed by atoms with Crippen LogP contribution in [0, 0.1) is 0 Å². The Morgan fingerprint density at radius 1 is 1.56 bits per heavy atom. The van der Waals surface area contributed by atoms with Gasteiger partial charge in [0.15, 0.2) is 11.5 Å². The fraction of sp³-hybridized carbons (Fsp3) is 0.400. The molecule has 18 heavy (non-hydrogen) atoms. The molecule has 1 aliphatic rings. The molecule has 0 atom stereocenters. The zero-order valence-electron chi connectivity index (χ0n) is 9.43. The molecule has 2 aromatic heterocycles. The van der Waals surface area contributed by atoms with Crippen LogP contribution < -0.4 is 0 Å². The summed E-state index contributed by atoms with van der Waals surface area (Å²) in [6.07, 6.45) is 3.07. The molecule has 0 amide bonds. The van der Waals surface area contributed by atoms with Crippen LogP contribution in [0.15, 0.2) is 23.0 Å². The summed E-state index contributed by atoms with van der Waals surface area (Å²) < 4.78 is 6.61. The van der Waals surface area contributed by atoms with Gasteiger partial charge < -0.3 is 9.63 Å². The molecular weight excluding hydrogens is 238 g/mol. The first-order chi connectivity index (χ1) is 8.72. The van der Waals surface area contributed by atoms with Gasteiger partial charge in [0.2, 0.25) is 0 Å². The normalized spacial score (nSPS) is 16.7. The van der Waals surface area contributed by atoms with E-state index in [4.69, 9.17) is 9.63 Å². The Bertz CT molecular complexity index is 544. The largest absolute Gasteiger partial charge is 0.476 e. The predicted octanol–water partition coefficient (Wildman–Crippen LogP) is 0.0212. The average Bonchev–Trinajstić information content (AvgIpc) is 2.94. The molecule has 0 saturated carbocycles. The first-order valence-electron chi connectivity index (χ1n) is 5.49. The molecule has 0 spiro atoms. The van der Waals surface area contributed by atoms with Crippen LogP contribution in [0.2, 0.25) is 0 Å². The van der Waals surface area contributed by atoms with Crippen LogP contribution in [0.1, 0.15) is 22.3 Å². The van der Waals surface area contributed by atoms with E-state index in [0.29, 0.717) is 6.54 Å². The van der Waals surface area contributed by atoms with Crippen molar-refractivity contribution in [2.45, 2.75) is 12.6 Å². The third-order valence-electron chi connectivity index (χ3n) is 2.91. The number of carbonyl (C=O) groups is 1. The van der Waals surface area contributed by atoms with E-state index in [9.17, 15) is 4.79 Å². The van der Waals surface area contributed by atoms with Gasteiger partial charge in [0, 0.05) is 19.2 Å². The molecule has 0 aliphatic carbocycles. The number of likely N-dealkylation sites (tertiary alicyclic amines) is 1. The summed E-state index contributed by atoms with van der Waals surface area (Å²) >= 11 is 0. The van der Waals surface area contributed by atoms with E-state index in [0.717, 1.165) is 18.8 Å². The second kappa shape index (κ2) is 4.22. The van der Waals surface area contributed by atoms with Gasteiger partial charge in [-0.1, -0.05) is 10.4 Å². The van der Waals surface area contributed by atoms with Crippen LogP contribution in [-0.2, 0) is 6.54 Å². The summed E-state index contributed by atoms with van der Waals surface area (Å²) in [6.45, 7) is 2.29. The molecular formula is C10H11N5O3. The Balaban J connectivity index is 1.56. The summed E-state index contributed by atoms with van der Waals surface area (Å²) in [5.74, 6) is -0.239. The fourth-order valence-corrected chi connectivity index (χ4v) is 1.94. The lowest BCUT2D eigenvalue weighted by Gasteiger charge is -2.38. The Hall–Kier alpha value is -2.22. The Kier molecular flexibility index (Phi) is 2.56. The lowest BCUT2D eigenvalue weighted by molar-refractivity contribution is 0.0689. The fourth-order valence-electron chi connectivity index (χ4n) is 1.94. The van der Waals surface area contributed by atoms with Gasteiger partial charge in [-0.05, 0) is 0 Å². The zero-order valence-corrected chi connectivity index (χ0v) is 9.43. The maximum atomic E-state index is 10.7. The van der Waals surface area contributed by atoms with E-state index >= 15 is 0 Å². The zero-order chi connectivity index (χ0) is 12.5. The molecule has 1 fully saturated rings. The Morgan fingerprint density at radius 2 is 2.39 bits per heavy atom. The molecule has 94 valence electrons. The van der Waals surface area contributed by atoms with Crippen molar-refractivity contribution in [2.24, 2.45) is 0 Å². The van der Waals surface area contributed by atoms with Gasteiger partial charge in [-0.25, -0.2) is 9.48 Å². The van der Waals surface area contributed by atoms with Crippen LogP contribution >= 0.6 is 0 Å². The van der Waals surface area contributed by atoms with Crippen LogP contribution in [0.5, 0.6) is 0 Å². The highest BCUT2D eigenvalue weighted by Crippen LogP contribution is 2.22. The number of rotatable bonds is 4. The van der Waals surface area contributed by atoms with Crippen molar-refractivity contribution in [1.82, 2.24) is 25.1 Å². The summed E-state index contributed by atoms with van der Waals surface area (Å²) in [7, 11) is 0. The minimum Gasteiger partial charge on any atom is -0.476 e. The van der Waals surface area contributed by atoms with Crippen LogP contribution in [0.4, 0.5) is 0 Å². The van der Waals surface area contributed by atoms with E-state index in [-0.39, 0.29) is 11.7 Å². The lowest BCUT2D eigenvalue weighted by Crippen LogP contribution is -2.47. The van der Waals surface area contributed by atoms with Gasteiger partial charge in [-0.2, -0.15) is 0 Å². The molecule has 1 saturated heterocycles. The van der Waals surface area contributed by atoms with Crippen LogP contribution in [-0.4, -0.2) is 49.2 Å². The molecule has 0 bridgehead atoms. The van der Waals surface area contributed by atoms with Crippen LogP contribution in [0.25, 0.3) is 0 Å². The summed E-state index contributed by atoms with van der Waals surface area (Å²) in [5.41, 5.74) is -0.0244. The highest BCUT2D eigenvalue weighted by molar-refractivity contribution is 5.84. The van der Waals surface area contributed by atoms with Crippen molar-refractivity contribution in [3.8, 4) is 0 Å². The molecule has 8 nitrogen and oxygen atoms in total. The third kappa shape index (κ3) is 1.97. The van der Waals surface area contributed by atoms with Crippen LogP contribution in [0.3, 0.4) is 0 Å². The number of carboxylic acid groups (broad SMARTS) is 1. The van der Waals surface area contributed by atoms with Crippen molar-refractivity contribution < 1.29 is 14.4 Å². The number of hydrogen-bond acceptors (Lipinski definition) is 6. The quantitative estimate of drug-likeness (QED) is 0.815. The number of nitrogens with zero attached hydrogens (tertiary/aromatic N) is 5. The molecule has 3 heterocycles. The number of aromatic carboxylic acids is 1. The highest BCUT2D eigenvalue weighted by atomic mass is 16.5. The molecule has 0 unspecified atom stereocenters. The molecule has 0 radical (unpaired) electrons. The topological polar surface area (TPSA) is 97.3 Å². The van der Waals surface area contributed by atoms with E-state index in [2.05, 4.69) is 20.4 Å². The first kappa shape index (κ1) is 10.9. The van der Waals surface area contributed by atoms with Gasteiger partial charge in [0.05, 0.1) is 25.0 Å². The predicted molar refractivity (Wildman–Crippen MR) is 57.8 cm³/mol. The highest BCUT2D eigenvalue weighted by Gasteiger charge is 2.30. The molecule has 0 aromatic carbocycles. The molecule has 2 aromatic rings. The van der Waals surface area contributed by atoms with Gasteiger partial charge >= 0.3 is 5.97 Å². The second-order valence-corrected chi connectivity index (χ2v) is 4.22. The molecule has 1 N–H and O–H groups in total. The third-order valence-corrected chi connectivity index (χ3v) is 2.91. The van der Waals surface area contributed by atoms with E-state index in [1.165, 1.54) is 6.20 Å². The summed E-state index contributed by atoms with van der Waals surface area (Å²) in [6, 6.07) is 2.00. The van der Waals surface area contributed by atoms with Gasteiger partial charge in [-0.15, -0.1) is 5.10 Å². The summed E-state index contributed by atoms with van der Waals surface area (Å²) in [5, 5.41) is 19.8. The monoisotopic (exact) mass is 249 g/mol. The minimum atomic E-state index is -1.06. The maximum absolute atomic E-state index is 10.7. The van der Waals surface area contributed by atoms with E-state index < -0.39 is 5.97 Å². The summed E-state index contributed by atoms with van der Waals surface area (Å²) in [4.78, 5) is 12.8. The smallest absolute Gasteiger partial charge is 0.358 e. The van der Waals surface area contributed by atoms with Crippen molar-refractivity contribution in [2.75, 3.05) is 13.1 Å². The Morgan fingerprint density at radius 3 is 3.00 bits per heavy atom. The lowest BCUT2D eigenvalue weighted by atomic mass is 10.1. The second-order valence-electron chi connectivity index (χ2n) is 4.22. The minimum absolute atomic E-state index is 0.0244. The van der Waals surface area contributed by atoms with Gasteiger partial charge in [0.25, 0.3) is 0 Å². The number of carboxylic acids is 1. The standard InChI is InChI=1S/C10H11N5O3/c16-10(17)9-6-15(13-12-9)7-3-14(4-7)5-8-1-2-11-18-8/h1-2,6-7H,3-5H2,(H,16,17). The van der Waals surface area contributed by atoms with Crippen molar-refractivity contribution in [3.05, 3.63) is 29.9 Å². The van der Waals surface area contributed by atoms with Gasteiger partial charge in [0.1, 0.15) is 0 Å². The number of aromatic nitrogens is 4. The molecule has 1 aliphatic heterocycles. The van der Waals surface area contributed by atoms with Crippen molar-refractivity contribution in [3.63, 3.8) is 0 Å².